The molecule has 0 aliphatic heterocycles. The number of benzene rings is 2. The van der Waals surface area contributed by atoms with Crippen molar-refractivity contribution in [2.75, 3.05) is 0 Å². The summed E-state index contributed by atoms with van der Waals surface area (Å²) in [4.78, 5) is 1.72. The van der Waals surface area contributed by atoms with E-state index in [1.807, 2.05) is 42.5 Å². The molecule has 0 aliphatic rings. The van der Waals surface area contributed by atoms with Gasteiger partial charge in [0.05, 0.1) is 0 Å². The molecule has 1 nitrogen and oxygen atoms in total. The van der Waals surface area contributed by atoms with Gasteiger partial charge in [-0.2, -0.15) is 0 Å². The van der Waals surface area contributed by atoms with Crippen LogP contribution in [0.3, 0.4) is 0 Å². The molecule has 2 aromatic carbocycles. The number of halogens is 1. The fourth-order valence-corrected chi connectivity index (χ4v) is 2.51. The Balaban J connectivity index is 2.07. The van der Waals surface area contributed by atoms with Crippen molar-refractivity contribution in [1.29, 1.82) is 0 Å². The topological polar surface area (TPSA) is 12.0 Å². The summed E-state index contributed by atoms with van der Waals surface area (Å²) in [6.45, 7) is 4.86. The van der Waals surface area contributed by atoms with E-state index in [1.54, 1.807) is 6.07 Å². The fraction of sp³-hybridized carbons (Fsp3) is 0.250. The van der Waals surface area contributed by atoms with Crippen molar-refractivity contribution in [3.05, 3.63) is 59.9 Å². The summed E-state index contributed by atoms with van der Waals surface area (Å²) in [7, 11) is 0. The molecule has 0 aliphatic carbocycles. The summed E-state index contributed by atoms with van der Waals surface area (Å²) in [5, 5.41) is 3.28. The Bertz CT molecular complexity index is 526. The summed E-state index contributed by atoms with van der Waals surface area (Å²) in [6, 6.07) is 15.7. The number of hydrogen-bond donors (Lipinski definition) is 1. The largest absolute Gasteiger partial charge is 0.310 e. The highest BCUT2D eigenvalue weighted by atomic mass is 32.2. The maximum absolute atomic E-state index is 14.0. The molecule has 1 N–H and O–H groups in total. The van der Waals surface area contributed by atoms with Crippen LogP contribution >= 0.6 is 11.8 Å². The van der Waals surface area contributed by atoms with Gasteiger partial charge in [0.1, 0.15) is 5.82 Å². The molecule has 0 radical (unpaired) electrons. The summed E-state index contributed by atoms with van der Waals surface area (Å²) in [5.41, 5.74) is 0.976. The lowest BCUT2D eigenvalue weighted by atomic mass is 10.2. The zero-order valence-corrected chi connectivity index (χ0v) is 12.0. The lowest BCUT2D eigenvalue weighted by molar-refractivity contribution is 0.574. The van der Waals surface area contributed by atoms with Crippen molar-refractivity contribution in [3.63, 3.8) is 0 Å². The Hall–Kier alpha value is -1.32. The van der Waals surface area contributed by atoms with E-state index in [0.717, 1.165) is 10.5 Å². The van der Waals surface area contributed by atoms with Gasteiger partial charge in [0.15, 0.2) is 0 Å². The Kier molecular flexibility index (Phi) is 5.00. The predicted octanol–water partition coefficient (Wildman–Crippen LogP) is 4.47. The van der Waals surface area contributed by atoms with Crippen LogP contribution in [0.5, 0.6) is 0 Å². The molecule has 0 heterocycles. The molecule has 2 rings (SSSR count). The molecule has 0 saturated carbocycles. The highest BCUT2D eigenvalue weighted by molar-refractivity contribution is 7.99. The Morgan fingerprint density at radius 1 is 1.11 bits per heavy atom. The van der Waals surface area contributed by atoms with Gasteiger partial charge in [-0.3, -0.25) is 0 Å². The molecule has 0 amide bonds. The third-order valence-corrected chi connectivity index (χ3v) is 3.74. The molecule has 0 unspecified atom stereocenters. The maximum atomic E-state index is 14.0. The summed E-state index contributed by atoms with van der Waals surface area (Å²) in [5.74, 6) is -0.156. The van der Waals surface area contributed by atoms with Crippen LogP contribution < -0.4 is 5.32 Å². The van der Waals surface area contributed by atoms with E-state index in [2.05, 4.69) is 19.2 Å². The molecule has 0 atom stereocenters. The minimum atomic E-state index is -0.156. The van der Waals surface area contributed by atoms with Crippen LogP contribution in [0.15, 0.2) is 58.3 Å². The minimum absolute atomic E-state index is 0.156. The van der Waals surface area contributed by atoms with E-state index in [9.17, 15) is 4.39 Å². The molecule has 100 valence electrons. The lowest BCUT2D eigenvalue weighted by Gasteiger charge is -2.09. The molecular weight excluding hydrogens is 257 g/mol. The monoisotopic (exact) mass is 275 g/mol. The van der Waals surface area contributed by atoms with Gasteiger partial charge in [0.25, 0.3) is 0 Å². The molecule has 0 aromatic heterocycles. The fourth-order valence-electron chi connectivity index (χ4n) is 1.67. The van der Waals surface area contributed by atoms with E-state index in [0.29, 0.717) is 17.5 Å². The van der Waals surface area contributed by atoms with Crippen LogP contribution in [0.2, 0.25) is 0 Å². The van der Waals surface area contributed by atoms with Crippen LogP contribution in [-0.4, -0.2) is 6.04 Å². The lowest BCUT2D eigenvalue weighted by Crippen LogP contribution is -2.21. The standard InChI is InChI=1S/C16H18FNS/c1-12(2)18-11-13-8-9-16(15(17)10-13)19-14-6-4-3-5-7-14/h3-10,12,18H,11H2,1-2H3. The second kappa shape index (κ2) is 6.73. The first-order chi connectivity index (χ1) is 9.15. The van der Waals surface area contributed by atoms with Gasteiger partial charge in [-0.25, -0.2) is 4.39 Å². The van der Waals surface area contributed by atoms with Crippen molar-refractivity contribution in [2.45, 2.75) is 36.2 Å². The van der Waals surface area contributed by atoms with E-state index in [4.69, 9.17) is 0 Å². The number of nitrogens with one attached hydrogen (secondary N) is 1. The van der Waals surface area contributed by atoms with Crippen molar-refractivity contribution in [3.8, 4) is 0 Å². The first-order valence-corrected chi connectivity index (χ1v) is 7.21. The van der Waals surface area contributed by atoms with Gasteiger partial charge in [0, 0.05) is 22.4 Å². The van der Waals surface area contributed by atoms with Crippen LogP contribution in [0, 0.1) is 5.82 Å². The van der Waals surface area contributed by atoms with Crippen molar-refractivity contribution in [2.24, 2.45) is 0 Å². The summed E-state index contributed by atoms with van der Waals surface area (Å²) < 4.78 is 14.0. The van der Waals surface area contributed by atoms with Crippen LogP contribution in [-0.2, 0) is 6.54 Å². The van der Waals surface area contributed by atoms with Gasteiger partial charge in [0.2, 0.25) is 0 Å². The van der Waals surface area contributed by atoms with Gasteiger partial charge >= 0.3 is 0 Å². The average Bonchev–Trinajstić information content (AvgIpc) is 2.40. The Morgan fingerprint density at radius 2 is 1.84 bits per heavy atom. The molecule has 0 saturated heterocycles. The average molecular weight is 275 g/mol. The second-order valence-corrected chi connectivity index (χ2v) is 5.83. The molecule has 3 heteroatoms. The molecule has 19 heavy (non-hydrogen) atoms. The van der Waals surface area contributed by atoms with Gasteiger partial charge in [-0.15, -0.1) is 0 Å². The third-order valence-electron chi connectivity index (χ3n) is 2.68. The first kappa shape index (κ1) is 14.1. The molecular formula is C16H18FNS. The van der Waals surface area contributed by atoms with Crippen LogP contribution in [0.4, 0.5) is 4.39 Å². The SMILES string of the molecule is CC(C)NCc1ccc(Sc2ccccc2)c(F)c1. The van der Waals surface area contributed by atoms with Crippen molar-refractivity contribution < 1.29 is 4.39 Å². The zero-order chi connectivity index (χ0) is 13.7. The van der Waals surface area contributed by atoms with E-state index in [1.165, 1.54) is 11.8 Å². The second-order valence-electron chi connectivity index (χ2n) is 4.72. The Morgan fingerprint density at radius 3 is 2.47 bits per heavy atom. The predicted molar refractivity (Wildman–Crippen MR) is 78.9 cm³/mol. The van der Waals surface area contributed by atoms with Gasteiger partial charge < -0.3 is 5.32 Å². The minimum Gasteiger partial charge on any atom is -0.310 e. The summed E-state index contributed by atoms with van der Waals surface area (Å²) in [6.07, 6.45) is 0. The smallest absolute Gasteiger partial charge is 0.137 e. The maximum Gasteiger partial charge on any atom is 0.137 e. The third kappa shape index (κ3) is 4.37. The highest BCUT2D eigenvalue weighted by Gasteiger charge is 2.05. The molecule has 0 spiro atoms. The van der Waals surface area contributed by atoms with E-state index in [-0.39, 0.29) is 5.82 Å². The molecule has 0 fully saturated rings. The first-order valence-electron chi connectivity index (χ1n) is 6.40. The van der Waals surface area contributed by atoms with Crippen LogP contribution in [0.1, 0.15) is 19.4 Å². The summed E-state index contributed by atoms with van der Waals surface area (Å²) >= 11 is 1.45. The molecule has 0 bridgehead atoms. The van der Waals surface area contributed by atoms with Crippen molar-refractivity contribution in [1.82, 2.24) is 5.32 Å². The van der Waals surface area contributed by atoms with Gasteiger partial charge in [-0.05, 0) is 29.8 Å². The highest BCUT2D eigenvalue weighted by Crippen LogP contribution is 2.29. The van der Waals surface area contributed by atoms with Crippen LogP contribution in [0.25, 0.3) is 0 Å². The Labute approximate surface area is 118 Å². The number of hydrogen-bond acceptors (Lipinski definition) is 2. The van der Waals surface area contributed by atoms with E-state index < -0.39 is 0 Å². The van der Waals surface area contributed by atoms with Gasteiger partial charge in [-0.1, -0.05) is 49.9 Å². The van der Waals surface area contributed by atoms with E-state index >= 15 is 0 Å². The normalized spacial score (nSPS) is 10.9. The molecule has 2 aromatic rings. The number of rotatable bonds is 5. The quantitative estimate of drug-likeness (QED) is 0.863. The van der Waals surface area contributed by atoms with Crippen molar-refractivity contribution >= 4 is 11.8 Å². The zero-order valence-electron chi connectivity index (χ0n) is 11.2.